The number of fused-ring (bicyclic) bond motifs is 2. The second-order valence-corrected chi connectivity index (χ2v) is 10.0. The fraction of sp³-hybridized carbons (Fsp3) is 0.121. The molecule has 2 heterocycles. The topological polar surface area (TPSA) is 52.2 Å². The zero-order valence-electron chi connectivity index (χ0n) is 22.4. The Labute approximate surface area is 238 Å². The third-order valence-electron chi connectivity index (χ3n) is 7.51. The van der Waals surface area contributed by atoms with E-state index in [0.717, 1.165) is 11.1 Å². The SMILES string of the molecule is C=Cc1ccc2c(C(O)(c3ccc4c(cnn4-c4ccc(F)cc4)c3)C(F)(F)F)cn(Cc3ccc(OC)cc3)c2c1. The number of hydrogen-bond acceptors (Lipinski definition) is 3. The molecule has 0 radical (unpaired) electrons. The predicted octanol–water partition coefficient (Wildman–Crippen LogP) is 7.62. The van der Waals surface area contributed by atoms with E-state index in [4.69, 9.17) is 4.74 Å². The molecule has 0 saturated heterocycles. The quantitative estimate of drug-likeness (QED) is 0.201. The molecule has 2 aromatic heterocycles. The first kappa shape index (κ1) is 27.3. The standard InChI is InChI=1S/C33H25F4N3O2/c1-3-21-6-14-28-29(20-39(31(28)16-21)19-22-4-12-27(42-2)13-5-22)32(41,33(35,36)37)24-7-15-30-23(17-24)18-38-40(30)26-10-8-25(34)9-11-26/h3-18,20,41H,1,19H2,2H3. The maximum Gasteiger partial charge on any atom is 0.425 e. The van der Waals surface area contributed by atoms with E-state index < -0.39 is 17.6 Å². The van der Waals surface area contributed by atoms with Gasteiger partial charge in [0.15, 0.2) is 0 Å². The number of rotatable bonds is 7. The van der Waals surface area contributed by atoms with E-state index in [-0.39, 0.29) is 23.1 Å². The van der Waals surface area contributed by atoms with Crippen LogP contribution in [0.3, 0.4) is 0 Å². The zero-order valence-corrected chi connectivity index (χ0v) is 22.4. The molecule has 0 saturated carbocycles. The number of hydrogen-bond donors (Lipinski definition) is 1. The highest BCUT2D eigenvalue weighted by atomic mass is 19.4. The number of methoxy groups -OCH3 is 1. The van der Waals surface area contributed by atoms with Gasteiger partial charge in [0.05, 0.1) is 24.5 Å². The Bertz CT molecular complexity index is 1920. The van der Waals surface area contributed by atoms with Crippen LogP contribution in [0.25, 0.3) is 33.6 Å². The Morgan fingerprint density at radius 2 is 1.67 bits per heavy atom. The molecular weight excluding hydrogens is 546 g/mol. The summed E-state index contributed by atoms with van der Waals surface area (Å²) in [5.74, 6) is 0.245. The highest BCUT2D eigenvalue weighted by molar-refractivity contribution is 5.88. The summed E-state index contributed by atoms with van der Waals surface area (Å²) in [7, 11) is 1.56. The summed E-state index contributed by atoms with van der Waals surface area (Å²) >= 11 is 0. The van der Waals surface area contributed by atoms with Gasteiger partial charge >= 0.3 is 6.18 Å². The second kappa shape index (κ2) is 10.2. The summed E-state index contributed by atoms with van der Waals surface area (Å²) in [5, 5.41) is 16.7. The van der Waals surface area contributed by atoms with Gasteiger partial charge in [0.1, 0.15) is 11.6 Å². The van der Waals surface area contributed by atoms with Gasteiger partial charge in [-0.05, 0) is 71.3 Å². The van der Waals surface area contributed by atoms with Gasteiger partial charge in [-0.1, -0.05) is 43.0 Å². The van der Waals surface area contributed by atoms with E-state index in [9.17, 15) is 9.50 Å². The molecule has 6 rings (SSSR count). The van der Waals surface area contributed by atoms with Gasteiger partial charge < -0.3 is 14.4 Å². The summed E-state index contributed by atoms with van der Waals surface area (Å²) in [4.78, 5) is 0. The smallest absolute Gasteiger partial charge is 0.425 e. The number of aromatic nitrogens is 3. The molecule has 0 bridgehead atoms. The number of alkyl halides is 3. The lowest BCUT2D eigenvalue weighted by Crippen LogP contribution is -2.43. The first-order valence-electron chi connectivity index (χ1n) is 13.0. The van der Waals surface area contributed by atoms with Crippen LogP contribution < -0.4 is 4.74 Å². The summed E-state index contributed by atoms with van der Waals surface area (Å²) < 4.78 is 66.9. The van der Waals surface area contributed by atoms with Gasteiger partial charge in [-0.25, -0.2) is 9.07 Å². The molecule has 212 valence electrons. The normalized spacial score (nSPS) is 13.4. The maximum atomic E-state index is 15.0. The summed E-state index contributed by atoms with van der Waals surface area (Å²) in [6.07, 6.45) is -0.667. The highest BCUT2D eigenvalue weighted by Gasteiger charge is 2.57. The molecule has 42 heavy (non-hydrogen) atoms. The lowest BCUT2D eigenvalue weighted by atomic mass is 9.85. The van der Waals surface area contributed by atoms with Gasteiger partial charge in [-0.15, -0.1) is 0 Å². The molecule has 1 unspecified atom stereocenters. The highest BCUT2D eigenvalue weighted by Crippen LogP contribution is 2.48. The van der Waals surface area contributed by atoms with Gasteiger partial charge in [0, 0.05) is 34.6 Å². The maximum absolute atomic E-state index is 15.0. The van der Waals surface area contributed by atoms with Crippen molar-refractivity contribution in [2.45, 2.75) is 18.3 Å². The van der Waals surface area contributed by atoms with Gasteiger partial charge in [0.2, 0.25) is 5.60 Å². The van der Waals surface area contributed by atoms with Crippen molar-refractivity contribution in [2.24, 2.45) is 0 Å². The molecule has 0 spiro atoms. The molecule has 6 aromatic rings. The fourth-order valence-corrected chi connectivity index (χ4v) is 5.30. The number of benzene rings is 4. The van der Waals surface area contributed by atoms with Crippen molar-refractivity contribution in [1.82, 2.24) is 14.3 Å². The van der Waals surface area contributed by atoms with Crippen LogP contribution >= 0.6 is 0 Å². The van der Waals surface area contributed by atoms with Crippen molar-refractivity contribution in [1.29, 1.82) is 0 Å². The van der Waals surface area contributed by atoms with Crippen molar-refractivity contribution < 1.29 is 27.4 Å². The molecule has 0 aliphatic rings. The summed E-state index contributed by atoms with van der Waals surface area (Å²) in [5.41, 5.74) is -0.833. The molecule has 0 fully saturated rings. The lowest BCUT2D eigenvalue weighted by Gasteiger charge is -2.31. The van der Waals surface area contributed by atoms with Crippen molar-refractivity contribution >= 4 is 27.9 Å². The lowest BCUT2D eigenvalue weighted by molar-refractivity contribution is -0.247. The Hall–Kier alpha value is -4.89. The van der Waals surface area contributed by atoms with Crippen LogP contribution in [0, 0.1) is 5.82 Å². The number of nitrogens with zero attached hydrogens (tertiary/aromatic N) is 3. The largest absolute Gasteiger partial charge is 0.497 e. The minimum Gasteiger partial charge on any atom is -0.497 e. The number of aliphatic hydroxyl groups is 1. The molecule has 0 aliphatic carbocycles. The van der Waals surface area contributed by atoms with Gasteiger partial charge in [0.25, 0.3) is 0 Å². The molecule has 9 heteroatoms. The van der Waals surface area contributed by atoms with E-state index in [1.807, 2.05) is 12.1 Å². The molecule has 1 atom stereocenters. The van der Waals surface area contributed by atoms with Crippen LogP contribution in [0.1, 0.15) is 22.3 Å². The van der Waals surface area contributed by atoms with Crippen LogP contribution in [0.15, 0.2) is 104 Å². The van der Waals surface area contributed by atoms with Crippen molar-refractivity contribution in [3.63, 3.8) is 0 Å². The van der Waals surface area contributed by atoms with Crippen molar-refractivity contribution in [3.05, 3.63) is 132 Å². The fourth-order valence-electron chi connectivity index (χ4n) is 5.30. The van der Waals surface area contributed by atoms with Crippen LogP contribution in [0.2, 0.25) is 0 Å². The molecule has 4 aromatic carbocycles. The van der Waals surface area contributed by atoms with Crippen LogP contribution in [0.5, 0.6) is 5.75 Å². The van der Waals surface area contributed by atoms with Crippen LogP contribution in [-0.2, 0) is 12.1 Å². The van der Waals surface area contributed by atoms with Gasteiger partial charge in [-0.3, -0.25) is 0 Å². The summed E-state index contributed by atoms with van der Waals surface area (Å²) in [6.45, 7) is 4.05. The Balaban J connectivity index is 1.51. The van der Waals surface area contributed by atoms with Crippen molar-refractivity contribution in [2.75, 3.05) is 7.11 Å². The third kappa shape index (κ3) is 4.52. The van der Waals surface area contributed by atoms with Crippen LogP contribution in [0.4, 0.5) is 17.6 Å². The average molecular weight is 572 g/mol. The Morgan fingerprint density at radius 3 is 2.33 bits per heavy atom. The van der Waals surface area contributed by atoms with E-state index in [2.05, 4.69) is 11.7 Å². The average Bonchev–Trinajstić information content (AvgIpc) is 3.58. The van der Waals surface area contributed by atoms with Crippen molar-refractivity contribution in [3.8, 4) is 11.4 Å². The van der Waals surface area contributed by atoms with E-state index in [1.165, 1.54) is 59.5 Å². The predicted molar refractivity (Wildman–Crippen MR) is 154 cm³/mol. The van der Waals surface area contributed by atoms with Gasteiger partial charge in [-0.2, -0.15) is 18.3 Å². The molecule has 5 nitrogen and oxygen atoms in total. The monoisotopic (exact) mass is 571 g/mol. The second-order valence-electron chi connectivity index (χ2n) is 10.0. The first-order chi connectivity index (χ1) is 20.1. The number of ether oxygens (including phenoxy) is 1. The zero-order chi connectivity index (χ0) is 29.6. The molecule has 1 N–H and O–H groups in total. The molecule has 0 aliphatic heterocycles. The Kier molecular flexibility index (Phi) is 6.62. The Morgan fingerprint density at radius 1 is 0.929 bits per heavy atom. The third-order valence-corrected chi connectivity index (χ3v) is 7.51. The van der Waals surface area contributed by atoms with E-state index in [1.54, 1.807) is 48.1 Å². The number of halogens is 4. The van der Waals surface area contributed by atoms with E-state index in [0.29, 0.717) is 27.9 Å². The molecule has 0 amide bonds. The minimum atomic E-state index is -5.07. The minimum absolute atomic E-state index is 0.260. The van der Waals surface area contributed by atoms with E-state index >= 15 is 13.2 Å². The van der Waals surface area contributed by atoms with Crippen LogP contribution in [-0.4, -0.2) is 32.7 Å². The summed E-state index contributed by atoms with van der Waals surface area (Å²) in [6, 6.07) is 21.9. The first-order valence-corrected chi connectivity index (χ1v) is 13.0. The molecular formula is C33H25F4N3O2.